The van der Waals surface area contributed by atoms with E-state index in [1.54, 1.807) is 7.11 Å². The minimum Gasteiger partial charge on any atom is -0.383 e. The first kappa shape index (κ1) is 17.2. The average molecular weight is 311 g/mol. The molecule has 2 saturated heterocycles. The Bertz CT molecular complexity index is 362. The van der Waals surface area contributed by atoms with Gasteiger partial charge in [-0.1, -0.05) is 0 Å². The Labute approximate surface area is 133 Å². The first-order valence-corrected chi connectivity index (χ1v) is 8.48. The third-order valence-electron chi connectivity index (χ3n) is 4.62. The summed E-state index contributed by atoms with van der Waals surface area (Å²) in [5.41, 5.74) is 0. The van der Waals surface area contributed by atoms with Gasteiger partial charge in [-0.15, -0.1) is 0 Å². The number of hydrogen-bond acceptors (Lipinski definition) is 4. The van der Waals surface area contributed by atoms with E-state index >= 15 is 0 Å². The molecule has 0 aromatic heterocycles. The molecule has 2 rings (SSSR count). The molecular weight excluding hydrogens is 282 g/mol. The van der Waals surface area contributed by atoms with E-state index in [4.69, 9.17) is 4.74 Å². The van der Waals surface area contributed by atoms with Gasteiger partial charge < -0.3 is 19.9 Å². The van der Waals surface area contributed by atoms with Crippen LogP contribution in [0.4, 0.5) is 0 Å². The van der Waals surface area contributed by atoms with Crippen LogP contribution in [0.2, 0.25) is 0 Å². The maximum absolute atomic E-state index is 12.5. The highest BCUT2D eigenvalue weighted by molar-refractivity contribution is 5.81. The van der Waals surface area contributed by atoms with Crippen LogP contribution < -0.4 is 5.32 Å². The number of methoxy groups -OCH3 is 1. The van der Waals surface area contributed by atoms with E-state index in [-0.39, 0.29) is 11.8 Å². The molecular formula is C16H29N3O3. The molecule has 2 heterocycles. The number of hydrogen-bond donors (Lipinski definition) is 1. The predicted octanol–water partition coefficient (Wildman–Crippen LogP) is 0.474. The highest BCUT2D eigenvalue weighted by atomic mass is 16.5. The predicted molar refractivity (Wildman–Crippen MR) is 84.5 cm³/mol. The summed E-state index contributed by atoms with van der Waals surface area (Å²) in [6.45, 7) is 4.90. The number of nitrogens with one attached hydrogen (secondary N) is 1. The van der Waals surface area contributed by atoms with Crippen LogP contribution in [0, 0.1) is 5.92 Å². The summed E-state index contributed by atoms with van der Waals surface area (Å²) in [6, 6.07) is 0. The summed E-state index contributed by atoms with van der Waals surface area (Å²) < 4.78 is 4.94. The van der Waals surface area contributed by atoms with Crippen molar-refractivity contribution in [2.45, 2.75) is 32.1 Å². The molecule has 2 aliphatic heterocycles. The third-order valence-corrected chi connectivity index (χ3v) is 4.62. The topological polar surface area (TPSA) is 61.9 Å². The number of carbonyl (C=O) groups excluding carboxylic acids is 2. The Hall–Kier alpha value is -1.14. The van der Waals surface area contributed by atoms with E-state index in [2.05, 4.69) is 5.32 Å². The van der Waals surface area contributed by atoms with Gasteiger partial charge in [0.2, 0.25) is 11.8 Å². The number of carbonyl (C=O) groups is 2. The Morgan fingerprint density at radius 2 is 1.73 bits per heavy atom. The Morgan fingerprint density at radius 3 is 2.36 bits per heavy atom. The van der Waals surface area contributed by atoms with Crippen molar-refractivity contribution in [2.75, 3.05) is 53.0 Å². The number of ether oxygens (including phenoxy) is 1. The number of piperidine rings is 2. The molecule has 0 aliphatic carbocycles. The zero-order valence-corrected chi connectivity index (χ0v) is 13.7. The lowest BCUT2D eigenvalue weighted by Crippen LogP contribution is -2.47. The average Bonchev–Trinajstić information content (AvgIpc) is 2.59. The highest BCUT2D eigenvalue weighted by Gasteiger charge is 2.30. The number of amides is 2. The number of rotatable bonds is 6. The minimum absolute atomic E-state index is 0.114. The highest BCUT2D eigenvalue weighted by Crippen LogP contribution is 2.21. The van der Waals surface area contributed by atoms with Crippen LogP contribution in [0.3, 0.4) is 0 Å². The Balaban J connectivity index is 1.68. The van der Waals surface area contributed by atoms with Crippen molar-refractivity contribution in [3.63, 3.8) is 0 Å². The van der Waals surface area contributed by atoms with E-state index < -0.39 is 0 Å². The summed E-state index contributed by atoms with van der Waals surface area (Å²) >= 11 is 0. The van der Waals surface area contributed by atoms with Crippen molar-refractivity contribution in [2.24, 2.45) is 5.92 Å². The van der Waals surface area contributed by atoms with Gasteiger partial charge in [-0.3, -0.25) is 9.59 Å². The van der Waals surface area contributed by atoms with Gasteiger partial charge in [0.05, 0.1) is 13.2 Å². The third kappa shape index (κ3) is 4.95. The molecule has 6 nitrogen and oxygen atoms in total. The summed E-state index contributed by atoms with van der Waals surface area (Å²) in [5, 5.41) is 3.08. The van der Waals surface area contributed by atoms with Crippen molar-refractivity contribution in [3.05, 3.63) is 0 Å². The van der Waals surface area contributed by atoms with Crippen molar-refractivity contribution in [1.82, 2.24) is 15.1 Å². The van der Waals surface area contributed by atoms with Crippen LogP contribution >= 0.6 is 0 Å². The molecule has 0 atom stereocenters. The van der Waals surface area contributed by atoms with E-state index in [0.29, 0.717) is 38.7 Å². The second-order valence-electron chi connectivity index (χ2n) is 6.21. The fraction of sp³-hybridized carbons (Fsp3) is 0.875. The van der Waals surface area contributed by atoms with E-state index in [1.165, 1.54) is 6.42 Å². The van der Waals surface area contributed by atoms with Gasteiger partial charge in [-0.25, -0.2) is 0 Å². The number of nitrogens with zero attached hydrogens (tertiary/aromatic N) is 2. The molecule has 0 aromatic rings. The van der Waals surface area contributed by atoms with Gasteiger partial charge in [0.15, 0.2) is 0 Å². The van der Waals surface area contributed by atoms with E-state index in [1.807, 2.05) is 9.80 Å². The maximum atomic E-state index is 12.5. The first-order chi connectivity index (χ1) is 10.7. The molecule has 2 aliphatic rings. The fourth-order valence-electron chi connectivity index (χ4n) is 3.23. The van der Waals surface area contributed by atoms with Crippen LogP contribution in [0.15, 0.2) is 0 Å². The molecule has 0 spiro atoms. The van der Waals surface area contributed by atoms with Crippen LogP contribution in [0.25, 0.3) is 0 Å². The summed E-state index contributed by atoms with van der Waals surface area (Å²) in [7, 11) is 1.65. The monoisotopic (exact) mass is 311 g/mol. The van der Waals surface area contributed by atoms with Crippen LogP contribution in [0.1, 0.15) is 32.1 Å². The minimum atomic E-state index is 0.114. The molecule has 0 bridgehead atoms. The zero-order chi connectivity index (χ0) is 15.8. The van der Waals surface area contributed by atoms with Gasteiger partial charge in [0.1, 0.15) is 0 Å². The second kappa shape index (κ2) is 9.10. The van der Waals surface area contributed by atoms with Crippen molar-refractivity contribution in [3.8, 4) is 0 Å². The molecule has 2 amide bonds. The summed E-state index contributed by atoms with van der Waals surface area (Å²) in [4.78, 5) is 28.4. The van der Waals surface area contributed by atoms with Crippen LogP contribution in [0.5, 0.6) is 0 Å². The molecule has 6 heteroatoms. The molecule has 0 unspecified atom stereocenters. The quantitative estimate of drug-likeness (QED) is 0.725. The Morgan fingerprint density at radius 1 is 1.05 bits per heavy atom. The van der Waals surface area contributed by atoms with Gasteiger partial charge in [0, 0.05) is 45.8 Å². The van der Waals surface area contributed by atoms with Gasteiger partial charge in [-0.2, -0.15) is 0 Å². The van der Waals surface area contributed by atoms with Gasteiger partial charge in [-0.05, 0) is 32.1 Å². The molecule has 22 heavy (non-hydrogen) atoms. The van der Waals surface area contributed by atoms with Crippen LogP contribution in [-0.2, 0) is 14.3 Å². The van der Waals surface area contributed by atoms with Crippen molar-refractivity contribution < 1.29 is 14.3 Å². The normalized spacial score (nSPS) is 20.2. The van der Waals surface area contributed by atoms with E-state index in [9.17, 15) is 9.59 Å². The van der Waals surface area contributed by atoms with Crippen LogP contribution in [-0.4, -0.2) is 74.6 Å². The molecule has 0 aromatic carbocycles. The van der Waals surface area contributed by atoms with Gasteiger partial charge >= 0.3 is 0 Å². The fourth-order valence-corrected chi connectivity index (χ4v) is 3.23. The smallest absolute Gasteiger partial charge is 0.236 e. The lowest BCUT2D eigenvalue weighted by Gasteiger charge is -2.35. The summed E-state index contributed by atoms with van der Waals surface area (Å²) in [5.74, 6) is 0.550. The molecule has 2 fully saturated rings. The molecule has 0 saturated carbocycles. The summed E-state index contributed by atoms with van der Waals surface area (Å²) in [6.07, 6.45) is 5.12. The van der Waals surface area contributed by atoms with E-state index in [0.717, 1.165) is 38.8 Å². The SMILES string of the molecule is COCCNCC(=O)N1CCC(C(=O)N2CCCCC2)CC1. The van der Waals surface area contributed by atoms with Crippen molar-refractivity contribution in [1.29, 1.82) is 0 Å². The lowest BCUT2D eigenvalue weighted by molar-refractivity contribution is -0.141. The second-order valence-corrected chi connectivity index (χ2v) is 6.21. The van der Waals surface area contributed by atoms with Crippen molar-refractivity contribution >= 4 is 11.8 Å². The standard InChI is InChI=1S/C16H29N3O3/c1-22-12-7-17-13-15(20)18-10-5-14(6-11-18)16(21)19-8-3-2-4-9-19/h14,17H,2-13H2,1H3. The Kier molecular flexibility index (Phi) is 7.12. The molecule has 126 valence electrons. The lowest BCUT2D eigenvalue weighted by atomic mass is 9.94. The molecule has 0 radical (unpaired) electrons. The molecule has 1 N–H and O–H groups in total. The first-order valence-electron chi connectivity index (χ1n) is 8.48. The van der Waals surface area contributed by atoms with Gasteiger partial charge in [0.25, 0.3) is 0 Å². The maximum Gasteiger partial charge on any atom is 0.236 e. The largest absolute Gasteiger partial charge is 0.383 e. The number of likely N-dealkylation sites (tertiary alicyclic amines) is 2. The zero-order valence-electron chi connectivity index (χ0n) is 13.7.